The van der Waals surface area contributed by atoms with Crippen molar-refractivity contribution in [2.75, 3.05) is 6.61 Å². The Kier molecular flexibility index (Phi) is 3.91. The summed E-state index contributed by atoms with van der Waals surface area (Å²) in [7, 11) is 0. The van der Waals surface area contributed by atoms with Gasteiger partial charge in [0.2, 0.25) is 0 Å². The summed E-state index contributed by atoms with van der Waals surface area (Å²) < 4.78 is 0. The number of hydrogen-bond acceptors (Lipinski definition) is 2. The van der Waals surface area contributed by atoms with Crippen LogP contribution in [0, 0.1) is 5.92 Å². The quantitative estimate of drug-likeness (QED) is 0.625. The molecule has 2 nitrogen and oxygen atoms in total. The molecule has 0 amide bonds. The van der Waals surface area contributed by atoms with Crippen molar-refractivity contribution in [2.24, 2.45) is 5.92 Å². The standard InChI is InChI=1S/C8H18O2/c1-4-5-8(10,6-9)7(2)3/h7,9-10H,4-6H2,1-3H3/t8-/m0/s1. The van der Waals surface area contributed by atoms with E-state index in [1.807, 2.05) is 20.8 Å². The monoisotopic (exact) mass is 146 g/mol. The van der Waals surface area contributed by atoms with E-state index in [0.29, 0.717) is 6.42 Å². The second-order valence-corrected chi connectivity index (χ2v) is 3.17. The highest BCUT2D eigenvalue weighted by Crippen LogP contribution is 2.21. The van der Waals surface area contributed by atoms with Gasteiger partial charge in [-0.2, -0.15) is 0 Å². The van der Waals surface area contributed by atoms with Gasteiger partial charge in [-0.25, -0.2) is 0 Å². The summed E-state index contributed by atoms with van der Waals surface area (Å²) in [5.74, 6) is 0.137. The largest absolute Gasteiger partial charge is 0.393 e. The molecule has 0 aromatic heterocycles. The number of aliphatic hydroxyl groups is 2. The second kappa shape index (κ2) is 3.94. The van der Waals surface area contributed by atoms with Crippen molar-refractivity contribution in [1.29, 1.82) is 0 Å². The van der Waals surface area contributed by atoms with Crippen molar-refractivity contribution in [3.05, 3.63) is 0 Å². The fraction of sp³-hybridized carbons (Fsp3) is 1.00. The van der Waals surface area contributed by atoms with E-state index >= 15 is 0 Å². The van der Waals surface area contributed by atoms with Crippen LogP contribution in [0.15, 0.2) is 0 Å². The zero-order valence-corrected chi connectivity index (χ0v) is 7.09. The van der Waals surface area contributed by atoms with Gasteiger partial charge in [0.25, 0.3) is 0 Å². The van der Waals surface area contributed by atoms with Crippen molar-refractivity contribution in [2.45, 2.75) is 39.2 Å². The van der Waals surface area contributed by atoms with E-state index in [-0.39, 0.29) is 12.5 Å². The third kappa shape index (κ3) is 2.27. The highest BCUT2D eigenvalue weighted by molar-refractivity contribution is 4.79. The molecule has 0 aromatic rings. The molecule has 0 aromatic carbocycles. The van der Waals surface area contributed by atoms with Crippen LogP contribution in [0.25, 0.3) is 0 Å². The molecule has 0 spiro atoms. The molecule has 0 rings (SSSR count). The van der Waals surface area contributed by atoms with Gasteiger partial charge in [0.15, 0.2) is 0 Å². The zero-order chi connectivity index (χ0) is 8.20. The Balaban J connectivity index is 3.94. The molecule has 0 bridgehead atoms. The van der Waals surface area contributed by atoms with Crippen molar-refractivity contribution < 1.29 is 10.2 Å². The lowest BCUT2D eigenvalue weighted by Crippen LogP contribution is -2.38. The molecule has 2 N–H and O–H groups in total. The minimum absolute atomic E-state index is 0.126. The lowest BCUT2D eigenvalue weighted by Gasteiger charge is -2.29. The van der Waals surface area contributed by atoms with Crippen LogP contribution in [-0.4, -0.2) is 22.4 Å². The summed E-state index contributed by atoms with van der Waals surface area (Å²) >= 11 is 0. The number of aliphatic hydroxyl groups excluding tert-OH is 1. The Morgan fingerprint density at radius 2 is 1.90 bits per heavy atom. The van der Waals surface area contributed by atoms with Gasteiger partial charge in [-0.1, -0.05) is 27.2 Å². The Morgan fingerprint density at radius 3 is 2.00 bits per heavy atom. The fourth-order valence-electron chi connectivity index (χ4n) is 0.983. The maximum absolute atomic E-state index is 9.65. The second-order valence-electron chi connectivity index (χ2n) is 3.17. The minimum Gasteiger partial charge on any atom is -0.393 e. The Bertz CT molecular complexity index is 91.3. The van der Waals surface area contributed by atoms with E-state index in [4.69, 9.17) is 5.11 Å². The molecular weight excluding hydrogens is 128 g/mol. The first-order valence-electron chi connectivity index (χ1n) is 3.90. The Hall–Kier alpha value is -0.0800. The molecule has 0 aliphatic heterocycles. The third-order valence-corrected chi connectivity index (χ3v) is 2.03. The van der Waals surface area contributed by atoms with E-state index in [1.165, 1.54) is 0 Å². The molecule has 62 valence electrons. The number of hydrogen-bond donors (Lipinski definition) is 2. The maximum atomic E-state index is 9.65. The maximum Gasteiger partial charge on any atom is 0.0899 e. The van der Waals surface area contributed by atoms with Crippen LogP contribution in [0.5, 0.6) is 0 Å². The van der Waals surface area contributed by atoms with Crippen LogP contribution in [0.3, 0.4) is 0 Å². The van der Waals surface area contributed by atoms with Gasteiger partial charge in [-0.15, -0.1) is 0 Å². The number of rotatable bonds is 4. The first-order chi connectivity index (χ1) is 4.56. The van der Waals surface area contributed by atoms with E-state index in [0.717, 1.165) is 6.42 Å². The van der Waals surface area contributed by atoms with Crippen molar-refractivity contribution in [3.63, 3.8) is 0 Å². The van der Waals surface area contributed by atoms with Gasteiger partial charge in [0, 0.05) is 0 Å². The topological polar surface area (TPSA) is 40.5 Å². The highest BCUT2D eigenvalue weighted by atomic mass is 16.3. The molecule has 0 aliphatic carbocycles. The molecule has 0 unspecified atom stereocenters. The van der Waals surface area contributed by atoms with Gasteiger partial charge < -0.3 is 10.2 Å². The minimum atomic E-state index is -0.852. The van der Waals surface area contributed by atoms with Crippen molar-refractivity contribution in [1.82, 2.24) is 0 Å². The third-order valence-electron chi connectivity index (χ3n) is 2.03. The van der Waals surface area contributed by atoms with Crippen LogP contribution >= 0.6 is 0 Å². The molecule has 0 saturated heterocycles. The van der Waals surface area contributed by atoms with Crippen molar-refractivity contribution >= 4 is 0 Å². The molecular formula is C8H18O2. The van der Waals surface area contributed by atoms with Crippen LogP contribution in [0.2, 0.25) is 0 Å². The summed E-state index contributed by atoms with van der Waals surface area (Å²) in [6.07, 6.45) is 1.59. The molecule has 0 heterocycles. The molecule has 0 radical (unpaired) electrons. The summed E-state index contributed by atoms with van der Waals surface area (Å²) in [5.41, 5.74) is -0.852. The molecule has 1 atom stereocenters. The normalized spacial score (nSPS) is 17.4. The van der Waals surface area contributed by atoms with E-state index in [9.17, 15) is 5.11 Å². The van der Waals surface area contributed by atoms with Gasteiger partial charge in [0.05, 0.1) is 12.2 Å². The van der Waals surface area contributed by atoms with Gasteiger partial charge in [-0.05, 0) is 12.3 Å². The van der Waals surface area contributed by atoms with Crippen LogP contribution in [0.4, 0.5) is 0 Å². The van der Waals surface area contributed by atoms with Crippen molar-refractivity contribution in [3.8, 4) is 0 Å². The van der Waals surface area contributed by atoms with Crippen LogP contribution in [-0.2, 0) is 0 Å². The smallest absolute Gasteiger partial charge is 0.0899 e. The predicted octanol–water partition coefficient (Wildman–Crippen LogP) is 1.17. The molecule has 0 saturated carbocycles. The van der Waals surface area contributed by atoms with E-state index in [1.54, 1.807) is 0 Å². The van der Waals surface area contributed by atoms with E-state index in [2.05, 4.69) is 0 Å². The Labute approximate surface area is 62.9 Å². The van der Waals surface area contributed by atoms with Crippen LogP contribution < -0.4 is 0 Å². The zero-order valence-electron chi connectivity index (χ0n) is 7.09. The molecule has 10 heavy (non-hydrogen) atoms. The SMILES string of the molecule is CCC[C@](O)(CO)C(C)C. The summed E-state index contributed by atoms with van der Waals surface area (Å²) in [6.45, 7) is 5.72. The lowest BCUT2D eigenvalue weighted by molar-refractivity contribution is -0.0576. The molecule has 0 aliphatic rings. The Morgan fingerprint density at radius 1 is 1.40 bits per heavy atom. The van der Waals surface area contributed by atoms with E-state index < -0.39 is 5.60 Å². The first-order valence-corrected chi connectivity index (χ1v) is 3.90. The highest BCUT2D eigenvalue weighted by Gasteiger charge is 2.28. The van der Waals surface area contributed by atoms with Gasteiger partial charge in [0.1, 0.15) is 0 Å². The first kappa shape index (κ1) is 9.92. The summed E-state index contributed by atoms with van der Waals surface area (Å²) in [5, 5.41) is 18.5. The molecule has 2 heteroatoms. The van der Waals surface area contributed by atoms with Crippen LogP contribution in [0.1, 0.15) is 33.6 Å². The molecule has 0 fully saturated rings. The average molecular weight is 146 g/mol. The average Bonchev–Trinajstić information content (AvgIpc) is 1.88. The van der Waals surface area contributed by atoms with Gasteiger partial charge >= 0.3 is 0 Å². The predicted molar refractivity (Wildman–Crippen MR) is 41.8 cm³/mol. The lowest BCUT2D eigenvalue weighted by atomic mass is 9.87. The fourth-order valence-corrected chi connectivity index (χ4v) is 0.983. The summed E-state index contributed by atoms with van der Waals surface area (Å²) in [6, 6.07) is 0. The summed E-state index contributed by atoms with van der Waals surface area (Å²) in [4.78, 5) is 0. The van der Waals surface area contributed by atoms with Gasteiger partial charge in [-0.3, -0.25) is 0 Å².